The molecule has 0 saturated heterocycles. The molecule has 1 aromatic carbocycles. The van der Waals surface area contributed by atoms with Gasteiger partial charge in [0.05, 0.1) is 0 Å². The number of hydrogen-bond acceptors (Lipinski definition) is 2. The Hall–Kier alpha value is -1.64. The van der Waals surface area contributed by atoms with E-state index in [1.54, 1.807) is 12.1 Å². The summed E-state index contributed by atoms with van der Waals surface area (Å²) in [5.74, 6) is 0.417. The molecular formula is C15H20N2O. The number of hydrazone groups is 1. The molecule has 1 aliphatic rings. The van der Waals surface area contributed by atoms with Crippen molar-refractivity contribution in [2.24, 2.45) is 11.0 Å². The number of nitrogens with one attached hydrogen (secondary N) is 1. The Labute approximate surface area is 108 Å². The number of benzene rings is 1. The van der Waals surface area contributed by atoms with Crippen LogP contribution in [0.2, 0.25) is 0 Å². The minimum atomic E-state index is -0.134. The maximum Gasteiger partial charge on any atom is 0.271 e. The smallest absolute Gasteiger partial charge is 0.267 e. The lowest BCUT2D eigenvalue weighted by molar-refractivity contribution is 0.0954. The zero-order valence-corrected chi connectivity index (χ0v) is 10.9. The van der Waals surface area contributed by atoms with E-state index in [9.17, 15) is 4.79 Å². The van der Waals surface area contributed by atoms with E-state index < -0.39 is 0 Å². The van der Waals surface area contributed by atoms with Gasteiger partial charge in [-0.3, -0.25) is 4.79 Å². The predicted molar refractivity (Wildman–Crippen MR) is 73.6 cm³/mol. The van der Waals surface area contributed by atoms with E-state index in [1.807, 2.05) is 25.1 Å². The van der Waals surface area contributed by atoms with Crippen molar-refractivity contribution in [3.05, 3.63) is 35.9 Å². The fourth-order valence-corrected chi connectivity index (χ4v) is 2.40. The topological polar surface area (TPSA) is 41.5 Å². The molecule has 0 spiro atoms. The summed E-state index contributed by atoms with van der Waals surface area (Å²) in [5, 5.41) is 4.24. The van der Waals surface area contributed by atoms with Crippen molar-refractivity contribution in [3.63, 3.8) is 0 Å². The summed E-state index contributed by atoms with van der Waals surface area (Å²) in [6.07, 6.45) is 6.31. The van der Waals surface area contributed by atoms with Crippen molar-refractivity contribution < 1.29 is 4.79 Å². The summed E-state index contributed by atoms with van der Waals surface area (Å²) < 4.78 is 0. The molecule has 1 N–H and O–H groups in total. The van der Waals surface area contributed by atoms with Crippen LogP contribution in [0.15, 0.2) is 35.4 Å². The van der Waals surface area contributed by atoms with Gasteiger partial charge in [0.1, 0.15) is 0 Å². The Morgan fingerprint density at radius 3 is 2.50 bits per heavy atom. The minimum absolute atomic E-state index is 0.134. The molecule has 3 heteroatoms. The summed E-state index contributed by atoms with van der Waals surface area (Å²) in [6.45, 7) is 2.02. The molecular weight excluding hydrogens is 224 g/mol. The van der Waals surface area contributed by atoms with E-state index in [1.165, 1.54) is 32.1 Å². The van der Waals surface area contributed by atoms with E-state index >= 15 is 0 Å². The first-order chi connectivity index (χ1) is 8.77. The van der Waals surface area contributed by atoms with Crippen molar-refractivity contribution in [1.29, 1.82) is 0 Å². The lowest BCUT2D eigenvalue weighted by Crippen LogP contribution is -2.23. The SMILES string of the molecule is CC(=NNC(=O)c1ccccc1)C1CCCCC1. The van der Waals surface area contributed by atoms with Gasteiger partial charge in [-0.1, -0.05) is 37.5 Å². The molecule has 0 atom stereocenters. The number of carbonyl (C=O) groups excluding carboxylic acids is 1. The molecule has 0 radical (unpaired) electrons. The molecule has 1 saturated carbocycles. The molecule has 1 aromatic rings. The van der Waals surface area contributed by atoms with Gasteiger partial charge in [-0.25, -0.2) is 5.43 Å². The Morgan fingerprint density at radius 1 is 1.17 bits per heavy atom. The fraction of sp³-hybridized carbons (Fsp3) is 0.467. The van der Waals surface area contributed by atoms with Crippen LogP contribution in [0.1, 0.15) is 49.4 Å². The molecule has 0 heterocycles. The van der Waals surface area contributed by atoms with Crippen LogP contribution >= 0.6 is 0 Å². The second-order valence-electron chi connectivity index (χ2n) is 4.90. The minimum Gasteiger partial charge on any atom is -0.267 e. The van der Waals surface area contributed by atoms with Crippen LogP contribution in [0.4, 0.5) is 0 Å². The van der Waals surface area contributed by atoms with Crippen LogP contribution in [0.25, 0.3) is 0 Å². The molecule has 0 unspecified atom stereocenters. The maximum absolute atomic E-state index is 11.8. The summed E-state index contributed by atoms with van der Waals surface area (Å²) >= 11 is 0. The predicted octanol–water partition coefficient (Wildman–Crippen LogP) is 3.37. The van der Waals surface area contributed by atoms with Gasteiger partial charge in [-0.15, -0.1) is 0 Å². The Bertz CT molecular complexity index is 419. The van der Waals surface area contributed by atoms with Gasteiger partial charge in [0.2, 0.25) is 0 Å². The van der Waals surface area contributed by atoms with Gasteiger partial charge < -0.3 is 0 Å². The first-order valence-corrected chi connectivity index (χ1v) is 6.67. The summed E-state index contributed by atoms with van der Waals surface area (Å²) in [4.78, 5) is 11.8. The highest BCUT2D eigenvalue weighted by atomic mass is 16.2. The van der Waals surface area contributed by atoms with Crippen LogP contribution in [-0.4, -0.2) is 11.6 Å². The second-order valence-corrected chi connectivity index (χ2v) is 4.90. The van der Waals surface area contributed by atoms with Crippen molar-refractivity contribution >= 4 is 11.6 Å². The quantitative estimate of drug-likeness (QED) is 0.642. The molecule has 1 fully saturated rings. The van der Waals surface area contributed by atoms with Crippen molar-refractivity contribution in [1.82, 2.24) is 5.43 Å². The molecule has 3 nitrogen and oxygen atoms in total. The Morgan fingerprint density at radius 2 is 1.83 bits per heavy atom. The standard InChI is InChI=1S/C15H20N2O/c1-12(13-8-4-2-5-9-13)16-17-15(18)14-10-6-3-7-11-14/h3,6-7,10-11,13H,2,4-5,8-9H2,1H3,(H,17,18). The van der Waals surface area contributed by atoms with Gasteiger partial charge >= 0.3 is 0 Å². The summed E-state index contributed by atoms with van der Waals surface area (Å²) in [6, 6.07) is 9.19. The molecule has 1 amide bonds. The monoisotopic (exact) mass is 244 g/mol. The largest absolute Gasteiger partial charge is 0.271 e. The molecule has 2 rings (SSSR count). The van der Waals surface area contributed by atoms with E-state index in [2.05, 4.69) is 10.5 Å². The third kappa shape index (κ3) is 3.42. The Kier molecular flexibility index (Phi) is 4.51. The lowest BCUT2D eigenvalue weighted by atomic mass is 9.86. The van der Waals surface area contributed by atoms with E-state index in [-0.39, 0.29) is 5.91 Å². The van der Waals surface area contributed by atoms with Gasteiger partial charge in [-0.2, -0.15) is 5.10 Å². The van der Waals surface area contributed by atoms with Crippen LogP contribution in [0, 0.1) is 5.92 Å². The molecule has 18 heavy (non-hydrogen) atoms. The molecule has 0 aliphatic heterocycles. The molecule has 1 aliphatic carbocycles. The number of carbonyl (C=O) groups is 1. The summed E-state index contributed by atoms with van der Waals surface area (Å²) in [7, 11) is 0. The van der Waals surface area contributed by atoms with Crippen molar-refractivity contribution in [3.8, 4) is 0 Å². The number of rotatable bonds is 3. The highest BCUT2D eigenvalue weighted by Crippen LogP contribution is 2.24. The van der Waals surface area contributed by atoms with Gasteiger partial charge in [-0.05, 0) is 37.8 Å². The maximum atomic E-state index is 11.8. The van der Waals surface area contributed by atoms with Crippen LogP contribution in [0.3, 0.4) is 0 Å². The average molecular weight is 244 g/mol. The Balaban J connectivity index is 1.91. The van der Waals surface area contributed by atoms with Gasteiger partial charge in [0, 0.05) is 11.3 Å². The zero-order valence-electron chi connectivity index (χ0n) is 10.9. The van der Waals surface area contributed by atoms with E-state index in [4.69, 9.17) is 0 Å². The number of nitrogens with zero attached hydrogens (tertiary/aromatic N) is 1. The molecule has 0 aromatic heterocycles. The molecule has 0 bridgehead atoms. The third-order valence-electron chi connectivity index (χ3n) is 3.57. The normalized spacial score (nSPS) is 17.5. The van der Waals surface area contributed by atoms with E-state index in [0.717, 1.165) is 5.71 Å². The van der Waals surface area contributed by atoms with Gasteiger partial charge in [0.15, 0.2) is 0 Å². The number of amides is 1. The first kappa shape index (κ1) is 12.8. The highest BCUT2D eigenvalue weighted by Gasteiger charge is 2.16. The first-order valence-electron chi connectivity index (χ1n) is 6.67. The average Bonchev–Trinajstić information content (AvgIpc) is 2.46. The van der Waals surface area contributed by atoms with Crippen molar-refractivity contribution in [2.45, 2.75) is 39.0 Å². The highest BCUT2D eigenvalue weighted by molar-refractivity contribution is 5.95. The molecule has 96 valence electrons. The zero-order chi connectivity index (χ0) is 12.8. The van der Waals surface area contributed by atoms with E-state index in [0.29, 0.717) is 11.5 Å². The number of hydrogen-bond donors (Lipinski definition) is 1. The lowest BCUT2D eigenvalue weighted by Gasteiger charge is -2.21. The van der Waals surface area contributed by atoms with Crippen LogP contribution in [0.5, 0.6) is 0 Å². The fourth-order valence-electron chi connectivity index (χ4n) is 2.40. The van der Waals surface area contributed by atoms with Crippen LogP contribution in [-0.2, 0) is 0 Å². The second kappa shape index (κ2) is 6.34. The summed E-state index contributed by atoms with van der Waals surface area (Å²) in [5.41, 5.74) is 4.35. The third-order valence-corrected chi connectivity index (χ3v) is 3.57. The van der Waals surface area contributed by atoms with Crippen LogP contribution < -0.4 is 5.43 Å². The van der Waals surface area contributed by atoms with Crippen molar-refractivity contribution in [2.75, 3.05) is 0 Å². The van der Waals surface area contributed by atoms with Gasteiger partial charge in [0.25, 0.3) is 5.91 Å².